The Balaban J connectivity index is 2.14. The van der Waals surface area contributed by atoms with Crippen molar-refractivity contribution in [2.45, 2.75) is 13.2 Å². The Labute approximate surface area is 109 Å². The first-order valence-corrected chi connectivity index (χ1v) is 6.26. The van der Waals surface area contributed by atoms with Crippen LogP contribution in [0.25, 0.3) is 0 Å². The Morgan fingerprint density at radius 1 is 1.00 bits per heavy atom. The van der Waals surface area contributed by atoms with Crippen LogP contribution in [0.4, 0.5) is 5.69 Å². The lowest BCUT2D eigenvalue weighted by Crippen LogP contribution is -2.03. The van der Waals surface area contributed by atoms with E-state index in [4.69, 9.17) is 0 Å². The number of nitrogens with one attached hydrogen (secondary N) is 1. The molecule has 2 rings (SSSR count). The largest absolute Gasteiger partial charge is 0.392 e. The number of anilines is 1. The van der Waals surface area contributed by atoms with Gasteiger partial charge in [0.2, 0.25) is 0 Å². The highest BCUT2D eigenvalue weighted by Crippen LogP contribution is 2.26. The summed E-state index contributed by atoms with van der Waals surface area (Å²) >= 11 is 3.49. The summed E-state index contributed by atoms with van der Waals surface area (Å²) in [5.74, 6) is 0. The van der Waals surface area contributed by atoms with Crippen molar-refractivity contribution >= 4 is 21.6 Å². The topological polar surface area (TPSA) is 32.3 Å². The molecule has 0 aromatic heterocycles. The van der Waals surface area contributed by atoms with Crippen molar-refractivity contribution in [1.29, 1.82) is 0 Å². The molecular weight excluding hydrogens is 278 g/mol. The number of aliphatic hydroxyl groups excluding tert-OH is 1. The summed E-state index contributed by atoms with van der Waals surface area (Å²) in [4.78, 5) is 0. The predicted molar refractivity (Wildman–Crippen MR) is 73.8 cm³/mol. The van der Waals surface area contributed by atoms with E-state index in [1.165, 1.54) is 5.56 Å². The Bertz CT molecular complexity index is 485. The molecule has 0 atom stereocenters. The molecule has 3 heteroatoms. The monoisotopic (exact) mass is 291 g/mol. The first-order chi connectivity index (χ1) is 8.31. The Morgan fingerprint density at radius 2 is 1.76 bits per heavy atom. The van der Waals surface area contributed by atoms with Crippen LogP contribution in [0.1, 0.15) is 11.1 Å². The fourth-order valence-corrected chi connectivity index (χ4v) is 2.23. The van der Waals surface area contributed by atoms with Crippen LogP contribution in [0.3, 0.4) is 0 Å². The van der Waals surface area contributed by atoms with Gasteiger partial charge in [-0.1, -0.05) is 42.5 Å². The zero-order valence-electron chi connectivity index (χ0n) is 9.36. The average molecular weight is 292 g/mol. The lowest BCUT2D eigenvalue weighted by Gasteiger charge is -2.12. The van der Waals surface area contributed by atoms with Gasteiger partial charge in [0.25, 0.3) is 0 Å². The highest BCUT2D eigenvalue weighted by molar-refractivity contribution is 9.10. The third kappa shape index (κ3) is 3.08. The van der Waals surface area contributed by atoms with Gasteiger partial charge in [0, 0.05) is 16.6 Å². The number of aliphatic hydroxyl groups is 1. The fourth-order valence-electron chi connectivity index (χ4n) is 1.68. The summed E-state index contributed by atoms with van der Waals surface area (Å²) in [6, 6.07) is 16.0. The molecule has 2 aromatic carbocycles. The maximum Gasteiger partial charge on any atom is 0.0702 e. The number of para-hydroxylation sites is 1. The Hall–Kier alpha value is -1.32. The zero-order valence-corrected chi connectivity index (χ0v) is 10.9. The third-order valence-electron chi connectivity index (χ3n) is 2.58. The smallest absolute Gasteiger partial charge is 0.0702 e. The van der Waals surface area contributed by atoms with Crippen LogP contribution in [0.2, 0.25) is 0 Å². The summed E-state index contributed by atoms with van der Waals surface area (Å²) in [5.41, 5.74) is 3.07. The fraction of sp³-hybridized carbons (Fsp3) is 0.143. The van der Waals surface area contributed by atoms with Crippen LogP contribution in [-0.4, -0.2) is 5.11 Å². The third-order valence-corrected chi connectivity index (χ3v) is 3.24. The number of halogens is 1. The van der Waals surface area contributed by atoms with Gasteiger partial charge in [-0.3, -0.25) is 0 Å². The van der Waals surface area contributed by atoms with Crippen molar-refractivity contribution in [2.75, 3.05) is 5.32 Å². The van der Waals surface area contributed by atoms with Crippen LogP contribution in [-0.2, 0) is 13.2 Å². The van der Waals surface area contributed by atoms with E-state index in [0.29, 0.717) is 0 Å². The van der Waals surface area contributed by atoms with E-state index in [1.807, 2.05) is 36.4 Å². The summed E-state index contributed by atoms with van der Waals surface area (Å²) < 4.78 is 0.972. The van der Waals surface area contributed by atoms with E-state index >= 15 is 0 Å². The van der Waals surface area contributed by atoms with Gasteiger partial charge < -0.3 is 10.4 Å². The van der Waals surface area contributed by atoms with Crippen molar-refractivity contribution in [1.82, 2.24) is 0 Å². The molecule has 0 aliphatic heterocycles. The average Bonchev–Trinajstić information content (AvgIpc) is 2.38. The Kier molecular flexibility index (Phi) is 4.18. The number of hydrogen-bond donors (Lipinski definition) is 2. The van der Waals surface area contributed by atoms with Gasteiger partial charge in [-0.05, 0) is 27.6 Å². The molecular formula is C14H14BrNO. The van der Waals surface area contributed by atoms with Crippen molar-refractivity contribution in [3.63, 3.8) is 0 Å². The molecule has 0 bridgehead atoms. The van der Waals surface area contributed by atoms with Crippen molar-refractivity contribution in [3.05, 3.63) is 64.1 Å². The normalized spacial score (nSPS) is 10.2. The first-order valence-electron chi connectivity index (χ1n) is 5.47. The molecule has 0 heterocycles. The summed E-state index contributed by atoms with van der Waals surface area (Å²) in [7, 11) is 0. The predicted octanol–water partition coefficient (Wildman–Crippen LogP) is 3.55. The molecule has 0 aliphatic rings. The molecule has 0 amide bonds. The summed E-state index contributed by atoms with van der Waals surface area (Å²) in [6.45, 7) is 0.785. The quantitative estimate of drug-likeness (QED) is 0.903. The highest BCUT2D eigenvalue weighted by atomic mass is 79.9. The molecule has 0 saturated carbocycles. The van der Waals surface area contributed by atoms with E-state index in [2.05, 4.69) is 33.4 Å². The lowest BCUT2D eigenvalue weighted by atomic mass is 10.1. The van der Waals surface area contributed by atoms with E-state index in [0.717, 1.165) is 22.3 Å². The van der Waals surface area contributed by atoms with Gasteiger partial charge in [-0.25, -0.2) is 0 Å². The molecule has 0 spiro atoms. The van der Waals surface area contributed by atoms with Crippen LogP contribution < -0.4 is 5.32 Å². The van der Waals surface area contributed by atoms with Crippen LogP contribution in [0.5, 0.6) is 0 Å². The van der Waals surface area contributed by atoms with Crippen LogP contribution in [0, 0.1) is 0 Å². The van der Waals surface area contributed by atoms with Gasteiger partial charge in [0.1, 0.15) is 0 Å². The van der Waals surface area contributed by atoms with Crippen LogP contribution >= 0.6 is 15.9 Å². The minimum absolute atomic E-state index is 0.0383. The molecule has 0 saturated heterocycles. The second-order valence-corrected chi connectivity index (χ2v) is 4.63. The maximum absolute atomic E-state index is 9.28. The minimum Gasteiger partial charge on any atom is -0.392 e. The van der Waals surface area contributed by atoms with Crippen molar-refractivity contribution in [3.8, 4) is 0 Å². The first kappa shape index (κ1) is 12.1. The highest BCUT2D eigenvalue weighted by Gasteiger charge is 2.04. The second kappa shape index (κ2) is 5.84. The Morgan fingerprint density at radius 3 is 2.47 bits per heavy atom. The van der Waals surface area contributed by atoms with E-state index in [1.54, 1.807) is 0 Å². The number of rotatable bonds is 4. The number of benzene rings is 2. The maximum atomic E-state index is 9.28. The van der Waals surface area contributed by atoms with Gasteiger partial charge >= 0.3 is 0 Å². The molecule has 2 aromatic rings. The van der Waals surface area contributed by atoms with Crippen molar-refractivity contribution < 1.29 is 5.11 Å². The van der Waals surface area contributed by atoms with Gasteiger partial charge in [0.15, 0.2) is 0 Å². The number of hydrogen-bond acceptors (Lipinski definition) is 2. The molecule has 0 unspecified atom stereocenters. The van der Waals surface area contributed by atoms with E-state index in [-0.39, 0.29) is 6.61 Å². The van der Waals surface area contributed by atoms with Gasteiger partial charge in [0.05, 0.1) is 12.3 Å². The molecule has 2 nitrogen and oxygen atoms in total. The minimum atomic E-state index is 0.0383. The second-order valence-electron chi connectivity index (χ2n) is 3.77. The van der Waals surface area contributed by atoms with Crippen LogP contribution in [0.15, 0.2) is 53.0 Å². The molecule has 17 heavy (non-hydrogen) atoms. The van der Waals surface area contributed by atoms with Crippen molar-refractivity contribution in [2.24, 2.45) is 0 Å². The summed E-state index contributed by atoms with van der Waals surface area (Å²) in [6.07, 6.45) is 0. The molecule has 2 N–H and O–H groups in total. The lowest BCUT2D eigenvalue weighted by molar-refractivity contribution is 0.282. The van der Waals surface area contributed by atoms with Gasteiger partial charge in [-0.15, -0.1) is 0 Å². The van der Waals surface area contributed by atoms with Gasteiger partial charge in [-0.2, -0.15) is 0 Å². The standard InChI is InChI=1S/C14H14BrNO/c15-13-8-4-7-12(10-17)14(13)16-9-11-5-2-1-3-6-11/h1-8,16-17H,9-10H2. The zero-order chi connectivity index (χ0) is 12.1. The SMILES string of the molecule is OCc1cccc(Br)c1NCc1ccccc1. The van der Waals surface area contributed by atoms with E-state index < -0.39 is 0 Å². The van der Waals surface area contributed by atoms with E-state index in [9.17, 15) is 5.11 Å². The molecule has 0 fully saturated rings. The summed E-state index contributed by atoms with van der Waals surface area (Å²) in [5, 5.41) is 12.6. The molecule has 0 aliphatic carbocycles. The molecule has 0 radical (unpaired) electrons. The molecule has 88 valence electrons.